The SMILES string of the molecule is COc1ncnc(NCc2cccc(C#N)c2)c1[N+](=O)[O-]. The van der Waals surface area contributed by atoms with E-state index in [0.29, 0.717) is 5.56 Å². The predicted octanol–water partition coefficient (Wildman–Crippen LogP) is 1.88. The molecule has 0 saturated heterocycles. The minimum Gasteiger partial charge on any atom is -0.476 e. The number of aromatic nitrogens is 2. The Labute approximate surface area is 120 Å². The van der Waals surface area contributed by atoms with E-state index in [-0.39, 0.29) is 23.9 Å². The summed E-state index contributed by atoms with van der Waals surface area (Å²) >= 11 is 0. The second-order valence-corrected chi connectivity index (χ2v) is 4.00. The summed E-state index contributed by atoms with van der Waals surface area (Å²) in [6.07, 6.45) is 1.18. The van der Waals surface area contributed by atoms with Gasteiger partial charge < -0.3 is 10.1 Å². The molecule has 1 N–H and O–H groups in total. The molecule has 0 radical (unpaired) electrons. The summed E-state index contributed by atoms with van der Waals surface area (Å²) in [5.41, 5.74) is 1.00. The van der Waals surface area contributed by atoms with Crippen molar-refractivity contribution in [2.75, 3.05) is 12.4 Å². The van der Waals surface area contributed by atoms with E-state index < -0.39 is 4.92 Å². The Kier molecular flexibility index (Phi) is 4.26. The molecule has 0 aliphatic carbocycles. The van der Waals surface area contributed by atoms with Crippen LogP contribution in [0.15, 0.2) is 30.6 Å². The molecule has 8 heteroatoms. The number of nitro groups is 1. The monoisotopic (exact) mass is 285 g/mol. The van der Waals surface area contributed by atoms with E-state index in [2.05, 4.69) is 15.3 Å². The first-order valence-corrected chi connectivity index (χ1v) is 5.92. The van der Waals surface area contributed by atoms with E-state index in [1.54, 1.807) is 24.3 Å². The molecule has 8 nitrogen and oxygen atoms in total. The van der Waals surface area contributed by atoms with Crippen molar-refractivity contribution in [1.29, 1.82) is 5.26 Å². The van der Waals surface area contributed by atoms with Gasteiger partial charge in [0.15, 0.2) is 0 Å². The zero-order valence-corrected chi connectivity index (χ0v) is 11.1. The van der Waals surface area contributed by atoms with Crippen molar-refractivity contribution in [3.8, 4) is 11.9 Å². The van der Waals surface area contributed by atoms with Crippen LogP contribution in [0.2, 0.25) is 0 Å². The molecular weight excluding hydrogens is 274 g/mol. The highest BCUT2D eigenvalue weighted by atomic mass is 16.6. The molecule has 21 heavy (non-hydrogen) atoms. The fraction of sp³-hybridized carbons (Fsp3) is 0.154. The van der Waals surface area contributed by atoms with Gasteiger partial charge in [-0.05, 0) is 17.7 Å². The van der Waals surface area contributed by atoms with Gasteiger partial charge in [0.1, 0.15) is 6.33 Å². The summed E-state index contributed by atoms with van der Waals surface area (Å²) in [4.78, 5) is 18.0. The number of benzene rings is 1. The minimum atomic E-state index is -0.604. The molecule has 0 bridgehead atoms. The van der Waals surface area contributed by atoms with Crippen LogP contribution in [-0.2, 0) is 6.54 Å². The molecule has 0 aliphatic rings. The summed E-state index contributed by atoms with van der Waals surface area (Å²) in [7, 11) is 1.30. The maximum absolute atomic E-state index is 11.1. The van der Waals surface area contributed by atoms with Gasteiger partial charge in [0.25, 0.3) is 5.88 Å². The van der Waals surface area contributed by atoms with Crippen LogP contribution in [0.25, 0.3) is 0 Å². The molecule has 106 valence electrons. The van der Waals surface area contributed by atoms with Gasteiger partial charge in [-0.2, -0.15) is 10.2 Å². The Balaban J connectivity index is 2.24. The summed E-state index contributed by atoms with van der Waals surface area (Å²) in [5.74, 6) is -0.0440. The lowest BCUT2D eigenvalue weighted by atomic mass is 10.1. The van der Waals surface area contributed by atoms with Crippen molar-refractivity contribution in [3.05, 3.63) is 51.8 Å². The van der Waals surface area contributed by atoms with E-state index in [9.17, 15) is 10.1 Å². The molecule has 0 atom stereocenters. The highest BCUT2D eigenvalue weighted by Crippen LogP contribution is 2.30. The fourth-order valence-corrected chi connectivity index (χ4v) is 1.74. The number of anilines is 1. The van der Waals surface area contributed by atoms with Crippen molar-refractivity contribution < 1.29 is 9.66 Å². The number of nitrogens with zero attached hydrogens (tertiary/aromatic N) is 4. The van der Waals surface area contributed by atoms with Crippen molar-refractivity contribution in [1.82, 2.24) is 9.97 Å². The van der Waals surface area contributed by atoms with Gasteiger partial charge in [0.2, 0.25) is 5.82 Å². The molecule has 0 unspecified atom stereocenters. The lowest BCUT2D eigenvalue weighted by molar-refractivity contribution is -0.385. The topological polar surface area (TPSA) is 114 Å². The summed E-state index contributed by atoms with van der Waals surface area (Å²) < 4.78 is 4.86. The van der Waals surface area contributed by atoms with Crippen LogP contribution in [0, 0.1) is 21.4 Å². The average Bonchev–Trinajstić information content (AvgIpc) is 2.52. The lowest BCUT2D eigenvalue weighted by Crippen LogP contribution is -2.07. The molecule has 0 fully saturated rings. The van der Waals surface area contributed by atoms with E-state index in [1.165, 1.54) is 13.4 Å². The molecule has 0 saturated carbocycles. The third-order valence-electron chi connectivity index (χ3n) is 2.68. The lowest BCUT2D eigenvalue weighted by Gasteiger charge is -2.08. The van der Waals surface area contributed by atoms with Crippen molar-refractivity contribution >= 4 is 11.5 Å². The standard InChI is InChI=1S/C13H11N5O3/c1-21-13-11(18(19)20)12(16-8-17-13)15-7-10-4-2-3-9(5-10)6-14/h2-5,8H,7H2,1H3,(H,15,16,17). The van der Waals surface area contributed by atoms with Crippen LogP contribution >= 0.6 is 0 Å². The van der Waals surface area contributed by atoms with Crippen LogP contribution in [0.1, 0.15) is 11.1 Å². The van der Waals surface area contributed by atoms with Crippen LogP contribution < -0.4 is 10.1 Å². The number of hydrogen-bond donors (Lipinski definition) is 1. The largest absolute Gasteiger partial charge is 0.476 e. The van der Waals surface area contributed by atoms with E-state index >= 15 is 0 Å². The normalized spacial score (nSPS) is 9.71. The Morgan fingerprint density at radius 1 is 1.48 bits per heavy atom. The van der Waals surface area contributed by atoms with Crippen molar-refractivity contribution in [3.63, 3.8) is 0 Å². The molecule has 1 heterocycles. The number of rotatable bonds is 5. The average molecular weight is 285 g/mol. The molecule has 0 aliphatic heterocycles. The third kappa shape index (κ3) is 3.22. The Morgan fingerprint density at radius 2 is 2.29 bits per heavy atom. The summed E-state index contributed by atoms with van der Waals surface area (Å²) in [6.45, 7) is 0.288. The minimum absolute atomic E-state index is 0.0641. The number of hydrogen-bond acceptors (Lipinski definition) is 7. The molecular formula is C13H11N5O3. The van der Waals surface area contributed by atoms with Gasteiger partial charge in [0, 0.05) is 6.54 Å². The summed E-state index contributed by atoms with van der Waals surface area (Å²) in [5, 5.41) is 22.8. The zero-order valence-electron chi connectivity index (χ0n) is 11.1. The third-order valence-corrected chi connectivity index (χ3v) is 2.68. The number of ether oxygens (including phenoxy) is 1. The molecule has 0 amide bonds. The van der Waals surface area contributed by atoms with Crippen molar-refractivity contribution in [2.45, 2.75) is 6.54 Å². The van der Waals surface area contributed by atoms with E-state index in [4.69, 9.17) is 10.00 Å². The van der Waals surface area contributed by atoms with E-state index in [0.717, 1.165) is 5.56 Å². The highest BCUT2D eigenvalue weighted by Gasteiger charge is 2.23. The number of methoxy groups -OCH3 is 1. The Bertz CT molecular complexity index is 711. The smallest absolute Gasteiger partial charge is 0.372 e. The van der Waals surface area contributed by atoms with Gasteiger partial charge in [-0.1, -0.05) is 12.1 Å². The molecule has 0 spiro atoms. The van der Waals surface area contributed by atoms with Crippen LogP contribution in [0.4, 0.5) is 11.5 Å². The Morgan fingerprint density at radius 3 is 2.95 bits per heavy atom. The van der Waals surface area contributed by atoms with Crippen LogP contribution in [0.5, 0.6) is 5.88 Å². The fourth-order valence-electron chi connectivity index (χ4n) is 1.74. The predicted molar refractivity (Wildman–Crippen MR) is 73.7 cm³/mol. The van der Waals surface area contributed by atoms with Gasteiger partial charge in [-0.15, -0.1) is 0 Å². The quantitative estimate of drug-likeness (QED) is 0.658. The maximum atomic E-state index is 11.1. The number of nitriles is 1. The van der Waals surface area contributed by atoms with Crippen LogP contribution in [-0.4, -0.2) is 22.0 Å². The van der Waals surface area contributed by atoms with Gasteiger partial charge in [0.05, 0.1) is 23.7 Å². The number of nitrogens with one attached hydrogen (secondary N) is 1. The molecule has 2 rings (SSSR count). The van der Waals surface area contributed by atoms with Crippen molar-refractivity contribution in [2.24, 2.45) is 0 Å². The second-order valence-electron chi connectivity index (χ2n) is 4.00. The Hall–Kier alpha value is -3.21. The second kappa shape index (κ2) is 6.29. The highest BCUT2D eigenvalue weighted by molar-refractivity contribution is 5.61. The molecule has 1 aromatic heterocycles. The zero-order chi connectivity index (χ0) is 15.2. The first-order chi connectivity index (χ1) is 10.2. The van der Waals surface area contributed by atoms with Crippen LogP contribution in [0.3, 0.4) is 0 Å². The first-order valence-electron chi connectivity index (χ1n) is 5.92. The molecule has 2 aromatic rings. The van der Waals surface area contributed by atoms with Gasteiger partial charge in [-0.25, -0.2) is 4.98 Å². The summed E-state index contributed by atoms with van der Waals surface area (Å²) in [6, 6.07) is 8.95. The van der Waals surface area contributed by atoms with Gasteiger partial charge in [-0.3, -0.25) is 10.1 Å². The molecule has 1 aromatic carbocycles. The van der Waals surface area contributed by atoms with E-state index in [1.807, 2.05) is 6.07 Å². The van der Waals surface area contributed by atoms with Gasteiger partial charge >= 0.3 is 5.69 Å². The maximum Gasteiger partial charge on any atom is 0.372 e. The first kappa shape index (κ1) is 14.2.